The van der Waals surface area contributed by atoms with E-state index < -0.39 is 0 Å². The van der Waals surface area contributed by atoms with Gasteiger partial charge in [0.2, 0.25) is 0 Å². The normalized spacial score (nSPS) is 58.6. The van der Waals surface area contributed by atoms with E-state index in [2.05, 4.69) is 42.3 Å². The van der Waals surface area contributed by atoms with Crippen LogP contribution in [0, 0.1) is 35.5 Å². The molecule has 7 saturated carbocycles. The fourth-order valence-corrected chi connectivity index (χ4v) is 8.50. The molecule has 7 aliphatic rings. The van der Waals surface area contributed by atoms with Crippen molar-refractivity contribution in [3.63, 3.8) is 0 Å². The Kier molecular flexibility index (Phi) is 2.35. The monoisotopic (exact) mass is 304 g/mol. The molecule has 0 aromatic carbocycles. The molecule has 0 N–H and O–H groups in total. The Balaban J connectivity index is 1.58. The van der Waals surface area contributed by atoms with Crippen molar-refractivity contribution in [2.45, 2.75) is 49.6 Å². The van der Waals surface area contributed by atoms with Crippen LogP contribution in [0.1, 0.15) is 38.5 Å². The third-order valence-electron chi connectivity index (χ3n) is 9.84. The van der Waals surface area contributed by atoms with Crippen LogP contribution in [0.2, 0.25) is 0 Å². The van der Waals surface area contributed by atoms with Gasteiger partial charge in [0.15, 0.2) is 0 Å². The molecule has 0 spiro atoms. The molecular weight excluding hydrogens is 268 g/mol. The average Bonchev–Trinajstić information content (AvgIpc) is 2.41. The summed E-state index contributed by atoms with van der Waals surface area (Å²) in [5, 5.41) is 0. The highest BCUT2D eigenvalue weighted by Crippen LogP contribution is 2.75. The molecule has 0 radical (unpaired) electrons. The molecule has 0 atom stereocenters. The summed E-state index contributed by atoms with van der Waals surface area (Å²) in [6.45, 7) is 0. The minimum absolute atomic E-state index is 0.636. The van der Waals surface area contributed by atoms with Crippen LogP contribution < -0.4 is 0 Å². The minimum atomic E-state index is 0.636. The van der Waals surface area contributed by atoms with Crippen molar-refractivity contribution in [1.82, 2.24) is 0 Å². The molecule has 2 nitrogen and oxygen atoms in total. The summed E-state index contributed by atoms with van der Waals surface area (Å²) in [5.41, 5.74) is 1.27. The Morgan fingerprint density at radius 2 is 0.636 bits per heavy atom. The first-order valence-corrected chi connectivity index (χ1v) is 9.70. The molecule has 0 unspecified atom stereocenters. The molecule has 7 fully saturated rings. The molecule has 7 rings (SSSR count). The summed E-state index contributed by atoms with van der Waals surface area (Å²) >= 11 is 0. The molecule has 0 aliphatic heterocycles. The van der Waals surface area contributed by atoms with E-state index in [1.165, 1.54) is 8.97 Å². The van der Waals surface area contributed by atoms with Gasteiger partial charge in [-0.3, -0.25) is 0 Å². The zero-order chi connectivity index (χ0) is 15.7. The van der Waals surface area contributed by atoms with Gasteiger partial charge in [-0.2, -0.15) is 0 Å². The zero-order valence-electron chi connectivity index (χ0n) is 15.6. The van der Waals surface area contributed by atoms with Gasteiger partial charge in [-0.1, -0.05) is 0 Å². The lowest BCUT2D eigenvalue weighted by Crippen LogP contribution is -2.79. The van der Waals surface area contributed by atoms with E-state index >= 15 is 0 Å². The first-order valence-electron chi connectivity index (χ1n) is 9.70. The van der Waals surface area contributed by atoms with Crippen LogP contribution >= 0.6 is 0 Å². The van der Waals surface area contributed by atoms with Crippen LogP contribution in [0.3, 0.4) is 0 Å². The quantitative estimate of drug-likeness (QED) is 0.688. The second-order valence-corrected chi connectivity index (χ2v) is 11.7. The average molecular weight is 305 g/mol. The Hall–Kier alpha value is -0.0800. The Bertz CT molecular complexity index is 410. The SMILES string of the molecule is C[N+](C)(C)C12CC3C4CC5([N+](C)(C)C)CC3C(C1)C(C5)C4C2. The van der Waals surface area contributed by atoms with Gasteiger partial charge < -0.3 is 8.97 Å². The molecule has 2 heteroatoms. The van der Waals surface area contributed by atoms with E-state index in [4.69, 9.17) is 0 Å². The van der Waals surface area contributed by atoms with Crippen LogP contribution in [0.5, 0.6) is 0 Å². The molecule has 0 heterocycles. The van der Waals surface area contributed by atoms with Crippen LogP contribution in [-0.2, 0) is 0 Å². The molecule has 0 saturated heterocycles. The van der Waals surface area contributed by atoms with Gasteiger partial charge >= 0.3 is 0 Å². The summed E-state index contributed by atoms with van der Waals surface area (Å²) in [6, 6.07) is 0. The minimum Gasteiger partial charge on any atom is -0.326 e. The topological polar surface area (TPSA) is 0 Å². The van der Waals surface area contributed by atoms with Gasteiger partial charge in [-0.25, -0.2) is 0 Å². The van der Waals surface area contributed by atoms with E-state index in [1.54, 1.807) is 38.5 Å². The predicted octanol–water partition coefficient (Wildman–Crippen LogP) is 2.98. The summed E-state index contributed by atoms with van der Waals surface area (Å²) in [5.74, 6) is 6.53. The zero-order valence-corrected chi connectivity index (χ0v) is 15.6. The van der Waals surface area contributed by atoms with Crippen molar-refractivity contribution in [2.75, 3.05) is 42.3 Å². The largest absolute Gasteiger partial charge is 0.326 e. The molecular formula is C20H36N2+2. The highest BCUT2D eigenvalue weighted by atomic mass is 15.4. The number of quaternary nitrogens is 2. The van der Waals surface area contributed by atoms with Crippen LogP contribution in [-0.4, -0.2) is 62.3 Å². The summed E-state index contributed by atoms with van der Waals surface area (Å²) < 4.78 is 2.45. The third kappa shape index (κ3) is 1.38. The lowest BCUT2D eigenvalue weighted by Gasteiger charge is -2.76. The molecule has 22 heavy (non-hydrogen) atoms. The first kappa shape index (κ1) is 14.3. The van der Waals surface area contributed by atoms with Crippen molar-refractivity contribution in [1.29, 1.82) is 0 Å². The second kappa shape index (κ2) is 3.61. The Labute approximate surface area is 137 Å². The highest BCUT2D eigenvalue weighted by molar-refractivity contribution is 5.20. The third-order valence-corrected chi connectivity index (χ3v) is 9.84. The summed E-state index contributed by atoms with van der Waals surface area (Å²) in [7, 11) is 14.9. The van der Waals surface area contributed by atoms with E-state index in [9.17, 15) is 0 Å². The molecule has 124 valence electrons. The molecule has 0 aromatic rings. The Morgan fingerprint density at radius 1 is 0.455 bits per heavy atom. The van der Waals surface area contributed by atoms with Gasteiger partial charge in [0.25, 0.3) is 0 Å². The van der Waals surface area contributed by atoms with Crippen LogP contribution in [0.15, 0.2) is 0 Å². The smallest absolute Gasteiger partial charge is 0.0994 e. The highest BCUT2D eigenvalue weighted by Gasteiger charge is 2.75. The van der Waals surface area contributed by atoms with Gasteiger partial charge in [0.05, 0.1) is 53.4 Å². The van der Waals surface area contributed by atoms with E-state index in [0.717, 1.165) is 35.5 Å². The Morgan fingerprint density at radius 3 is 0.773 bits per heavy atom. The van der Waals surface area contributed by atoms with Crippen molar-refractivity contribution in [2.24, 2.45) is 35.5 Å². The van der Waals surface area contributed by atoms with E-state index in [0.29, 0.717) is 11.1 Å². The van der Waals surface area contributed by atoms with Crippen molar-refractivity contribution in [3.8, 4) is 0 Å². The molecule has 0 amide bonds. The summed E-state index contributed by atoms with van der Waals surface area (Å²) in [4.78, 5) is 0. The lowest BCUT2D eigenvalue weighted by molar-refractivity contribution is -0.940. The molecule has 7 aliphatic carbocycles. The second-order valence-electron chi connectivity index (χ2n) is 11.7. The number of nitrogens with zero attached hydrogens (tertiary/aromatic N) is 2. The molecule has 0 aromatic heterocycles. The van der Waals surface area contributed by atoms with Gasteiger partial charge in [-0.15, -0.1) is 0 Å². The van der Waals surface area contributed by atoms with E-state index in [1.807, 2.05) is 0 Å². The fourth-order valence-electron chi connectivity index (χ4n) is 8.50. The number of hydrogen-bond donors (Lipinski definition) is 0. The predicted molar refractivity (Wildman–Crippen MR) is 90.2 cm³/mol. The number of hydrogen-bond acceptors (Lipinski definition) is 0. The lowest BCUT2D eigenvalue weighted by atomic mass is 9.32. The molecule has 8 bridgehead atoms. The van der Waals surface area contributed by atoms with Crippen molar-refractivity contribution < 1.29 is 8.97 Å². The van der Waals surface area contributed by atoms with Gasteiger partial charge in [0.1, 0.15) is 0 Å². The van der Waals surface area contributed by atoms with Crippen molar-refractivity contribution >= 4 is 0 Å². The first-order chi connectivity index (χ1) is 10.1. The standard InChI is InChI=1S/C20H36N2/c1-21(2,3)19-7-13-16-10-20(22(4,5)6)11-17(13)15(9-19)18(12-20)14(16)8-19/h13-18H,7-12H2,1-6H3/q+2. The maximum Gasteiger partial charge on any atom is 0.0994 e. The maximum absolute atomic E-state index is 2.49. The fraction of sp³-hybridized carbons (Fsp3) is 1.00. The van der Waals surface area contributed by atoms with Crippen molar-refractivity contribution in [3.05, 3.63) is 0 Å². The van der Waals surface area contributed by atoms with Crippen LogP contribution in [0.25, 0.3) is 0 Å². The maximum atomic E-state index is 2.49. The van der Waals surface area contributed by atoms with E-state index in [-0.39, 0.29) is 0 Å². The number of rotatable bonds is 2. The van der Waals surface area contributed by atoms with Crippen LogP contribution in [0.4, 0.5) is 0 Å². The van der Waals surface area contributed by atoms with Gasteiger partial charge in [-0.05, 0) is 35.5 Å². The van der Waals surface area contributed by atoms with Gasteiger partial charge in [0, 0.05) is 38.5 Å². The summed E-state index contributed by atoms with van der Waals surface area (Å²) in [6.07, 6.45) is 9.33.